The summed E-state index contributed by atoms with van der Waals surface area (Å²) in [5, 5.41) is 21.1. The van der Waals surface area contributed by atoms with Crippen molar-refractivity contribution >= 4 is 46.8 Å². The number of anilines is 1. The van der Waals surface area contributed by atoms with Gasteiger partial charge in [0.05, 0.1) is 22.3 Å². The number of hydrogen-bond acceptors (Lipinski definition) is 5. The second-order valence-corrected chi connectivity index (χ2v) is 6.33. The lowest BCUT2D eigenvalue weighted by Crippen LogP contribution is -2.13. The average Bonchev–Trinajstić information content (AvgIpc) is 2.69. The van der Waals surface area contributed by atoms with Crippen LogP contribution in [0.15, 0.2) is 42.0 Å². The normalized spacial score (nSPS) is 10.8. The Morgan fingerprint density at radius 3 is 2.62 bits per heavy atom. The molecule has 0 saturated carbocycles. The first-order valence-corrected chi connectivity index (χ1v) is 9.10. The number of carboxylic acid groups (broad SMARTS) is 1. The lowest BCUT2D eigenvalue weighted by atomic mass is 10.1. The molecule has 0 aliphatic rings. The number of nitriles is 1. The molecule has 2 aromatic rings. The zero-order valence-corrected chi connectivity index (χ0v) is 16.8. The fourth-order valence-electron chi connectivity index (χ4n) is 2.25. The van der Waals surface area contributed by atoms with Crippen molar-refractivity contribution in [2.45, 2.75) is 6.92 Å². The topological polar surface area (TPSA) is 109 Å². The standard InChI is InChI=1S/C20H16Cl2N2O5/c1-2-28-17-9-12(6-7-16(17)29-11-18(25)26)8-13(10-23)20(27)24-15-5-3-4-14(21)19(15)22/h3-9H,2,11H2,1H3,(H,24,27)(H,25,26)/b13-8-. The lowest BCUT2D eigenvalue weighted by Gasteiger charge is -2.11. The van der Waals surface area contributed by atoms with E-state index in [0.717, 1.165) is 0 Å². The minimum absolute atomic E-state index is 0.165. The number of halogens is 2. The molecule has 0 aromatic heterocycles. The summed E-state index contributed by atoms with van der Waals surface area (Å²) in [6.07, 6.45) is 1.36. The van der Waals surface area contributed by atoms with Crippen LogP contribution in [0, 0.1) is 11.3 Å². The van der Waals surface area contributed by atoms with Gasteiger partial charge in [-0.25, -0.2) is 4.79 Å². The smallest absolute Gasteiger partial charge is 0.341 e. The summed E-state index contributed by atoms with van der Waals surface area (Å²) < 4.78 is 10.6. The third kappa shape index (κ3) is 6.14. The van der Waals surface area contributed by atoms with Gasteiger partial charge >= 0.3 is 5.97 Å². The Labute approximate surface area is 177 Å². The fraction of sp³-hybridized carbons (Fsp3) is 0.150. The molecule has 0 aliphatic heterocycles. The van der Waals surface area contributed by atoms with Crippen molar-refractivity contribution in [1.29, 1.82) is 5.26 Å². The van der Waals surface area contributed by atoms with Gasteiger partial charge < -0.3 is 19.9 Å². The molecule has 2 aromatic carbocycles. The molecular weight excluding hydrogens is 419 g/mol. The van der Waals surface area contributed by atoms with Crippen molar-refractivity contribution in [3.8, 4) is 17.6 Å². The zero-order valence-electron chi connectivity index (χ0n) is 15.2. The van der Waals surface area contributed by atoms with Crippen LogP contribution in [0.4, 0.5) is 5.69 Å². The van der Waals surface area contributed by atoms with Gasteiger partial charge in [-0.15, -0.1) is 0 Å². The fourth-order valence-corrected chi connectivity index (χ4v) is 2.59. The molecule has 0 atom stereocenters. The van der Waals surface area contributed by atoms with Crippen molar-refractivity contribution < 1.29 is 24.2 Å². The van der Waals surface area contributed by atoms with Gasteiger partial charge in [0.1, 0.15) is 11.6 Å². The average molecular weight is 435 g/mol. The molecule has 0 bridgehead atoms. The summed E-state index contributed by atoms with van der Waals surface area (Å²) in [7, 11) is 0. The Kier molecular flexibility index (Phi) is 7.89. The molecule has 0 radical (unpaired) electrons. The molecule has 1 amide bonds. The SMILES string of the molecule is CCOc1cc(/C=C(/C#N)C(=O)Nc2cccc(Cl)c2Cl)ccc1OCC(=O)O. The molecule has 2 rings (SSSR count). The summed E-state index contributed by atoms with van der Waals surface area (Å²) in [6, 6.07) is 11.2. The Hall–Kier alpha value is -3.21. The number of nitrogens with zero attached hydrogens (tertiary/aromatic N) is 1. The summed E-state index contributed by atoms with van der Waals surface area (Å²) in [6.45, 7) is 1.54. The first-order chi connectivity index (χ1) is 13.8. The molecule has 150 valence electrons. The van der Waals surface area contributed by atoms with Gasteiger partial charge in [-0.3, -0.25) is 4.79 Å². The van der Waals surface area contributed by atoms with Crippen LogP contribution < -0.4 is 14.8 Å². The Morgan fingerprint density at radius 2 is 1.97 bits per heavy atom. The number of carboxylic acids is 1. The van der Waals surface area contributed by atoms with Gasteiger partial charge in [0, 0.05) is 0 Å². The highest BCUT2D eigenvalue weighted by molar-refractivity contribution is 6.44. The molecule has 0 aliphatic carbocycles. The maximum atomic E-state index is 12.4. The number of hydrogen-bond donors (Lipinski definition) is 2. The number of ether oxygens (including phenoxy) is 2. The Morgan fingerprint density at radius 1 is 1.21 bits per heavy atom. The van der Waals surface area contributed by atoms with Crippen LogP contribution in [0.2, 0.25) is 10.0 Å². The van der Waals surface area contributed by atoms with Crippen molar-refractivity contribution in [2.24, 2.45) is 0 Å². The highest BCUT2D eigenvalue weighted by Crippen LogP contribution is 2.31. The molecule has 0 saturated heterocycles. The summed E-state index contributed by atoms with van der Waals surface area (Å²) in [5.74, 6) is -1.27. The Balaban J connectivity index is 2.28. The third-order valence-electron chi connectivity index (χ3n) is 3.49. The lowest BCUT2D eigenvalue weighted by molar-refractivity contribution is -0.139. The summed E-state index contributed by atoms with van der Waals surface area (Å²) in [4.78, 5) is 23.1. The minimum atomic E-state index is -1.13. The van der Waals surface area contributed by atoms with Gasteiger partial charge in [-0.05, 0) is 42.8 Å². The second-order valence-electron chi connectivity index (χ2n) is 5.55. The van der Waals surface area contributed by atoms with Gasteiger partial charge in [0.15, 0.2) is 18.1 Å². The number of carbonyl (C=O) groups excluding carboxylic acids is 1. The van der Waals surface area contributed by atoms with Gasteiger partial charge in [-0.1, -0.05) is 35.3 Å². The first-order valence-electron chi connectivity index (χ1n) is 8.34. The van der Waals surface area contributed by atoms with E-state index < -0.39 is 18.5 Å². The summed E-state index contributed by atoms with van der Waals surface area (Å²) in [5.41, 5.74) is 0.584. The van der Waals surface area contributed by atoms with E-state index in [-0.39, 0.29) is 32.8 Å². The number of nitrogens with one attached hydrogen (secondary N) is 1. The predicted octanol–water partition coefficient (Wildman–Crippen LogP) is 4.40. The minimum Gasteiger partial charge on any atom is -0.490 e. The van der Waals surface area contributed by atoms with Crippen molar-refractivity contribution in [3.05, 3.63) is 57.6 Å². The van der Waals surface area contributed by atoms with E-state index in [4.69, 9.17) is 37.8 Å². The van der Waals surface area contributed by atoms with E-state index in [0.29, 0.717) is 12.2 Å². The van der Waals surface area contributed by atoms with E-state index in [9.17, 15) is 14.9 Å². The second kappa shape index (κ2) is 10.4. The quantitative estimate of drug-likeness (QED) is 0.470. The maximum Gasteiger partial charge on any atom is 0.341 e. The van der Waals surface area contributed by atoms with Crippen LogP contribution in [0.3, 0.4) is 0 Å². The molecule has 0 unspecified atom stereocenters. The zero-order chi connectivity index (χ0) is 21.4. The van der Waals surface area contributed by atoms with Crippen molar-refractivity contribution in [3.63, 3.8) is 0 Å². The van der Waals surface area contributed by atoms with E-state index >= 15 is 0 Å². The van der Waals surface area contributed by atoms with Crippen LogP contribution in [0.25, 0.3) is 6.08 Å². The highest BCUT2D eigenvalue weighted by Gasteiger charge is 2.14. The molecule has 2 N–H and O–H groups in total. The largest absolute Gasteiger partial charge is 0.490 e. The molecule has 0 heterocycles. The van der Waals surface area contributed by atoms with Crippen LogP contribution in [0.5, 0.6) is 11.5 Å². The molecule has 7 nitrogen and oxygen atoms in total. The Bertz CT molecular complexity index is 999. The van der Waals surface area contributed by atoms with E-state index in [1.165, 1.54) is 18.2 Å². The van der Waals surface area contributed by atoms with Gasteiger partial charge in [0.2, 0.25) is 0 Å². The predicted molar refractivity (Wildman–Crippen MR) is 109 cm³/mol. The van der Waals surface area contributed by atoms with Crippen LogP contribution >= 0.6 is 23.2 Å². The molecule has 9 heteroatoms. The number of benzene rings is 2. The number of aliphatic carboxylic acids is 1. The molecule has 0 fully saturated rings. The monoisotopic (exact) mass is 434 g/mol. The van der Waals surface area contributed by atoms with Crippen LogP contribution in [-0.4, -0.2) is 30.2 Å². The van der Waals surface area contributed by atoms with E-state index in [1.807, 2.05) is 6.07 Å². The molecule has 29 heavy (non-hydrogen) atoms. The highest BCUT2D eigenvalue weighted by atomic mass is 35.5. The molecular formula is C20H16Cl2N2O5. The molecule has 0 spiro atoms. The third-order valence-corrected chi connectivity index (χ3v) is 4.31. The van der Waals surface area contributed by atoms with Crippen molar-refractivity contribution in [2.75, 3.05) is 18.5 Å². The van der Waals surface area contributed by atoms with E-state index in [1.54, 1.807) is 31.2 Å². The van der Waals surface area contributed by atoms with Gasteiger partial charge in [0.25, 0.3) is 5.91 Å². The number of rotatable bonds is 8. The number of amides is 1. The maximum absolute atomic E-state index is 12.4. The van der Waals surface area contributed by atoms with Crippen LogP contribution in [-0.2, 0) is 9.59 Å². The first kappa shape index (κ1) is 22.1. The van der Waals surface area contributed by atoms with Gasteiger partial charge in [-0.2, -0.15) is 5.26 Å². The van der Waals surface area contributed by atoms with E-state index in [2.05, 4.69) is 5.32 Å². The summed E-state index contributed by atoms with van der Waals surface area (Å²) >= 11 is 12.0. The van der Waals surface area contributed by atoms with Crippen molar-refractivity contribution in [1.82, 2.24) is 0 Å². The van der Waals surface area contributed by atoms with Crippen LogP contribution in [0.1, 0.15) is 12.5 Å². The number of carbonyl (C=O) groups is 2.